The van der Waals surface area contributed by atoms with Crippen LogP contribution in [0.5, 0.6) is 5.75 Å². The third-order valence-electron chi connectivity index (χ3n) is 3.06. The lowest BCUT2D eigenvalue weighted by Crippen LogP contribution is -2.17. The fourth-order valence-electron chi connectivity index (χ4n) is 2.02. The molecule has 2 aromatic rings. The van der Waals surface area contributed by atoms with E-state index in [4.69, 9.17) is 10.5 Å². The Kier molecular flexibility index (Phi) is 4.69. The maximum Gasteiger partial charge on any atom is 0.130 e. The summed E-state index contributed by atoms with van der Waals surface area (Å²) in [6, 6.07) is 10.6. The summed E-state index contributed by atoms with van der Waals surface area (Å²) in [7, 11) is 0. The smallest absolute Gasteiger partial charge is 0.130 e. The minimum Gasteiger partial charge on any atom is -0.494 e. The lowest BCUT2D eigenvalue weighted by atomic mass is 10.0. The molecule has 0 heterocycles. The van der Waals surface area contributed by atoms with Crippen molar-refractivity contribution in [2.45, 2.75) is 19.4 Å². The summed E-state index contributed by atoms with van der Waals surface area (Å²) in [4.78, 5) is 0. The zero-order valence-electron chi connectivity index (χ0n) is 11.3. The van der Waals surface area contributed by atoms with Crippen molar-refractivity contribution in [3.05, 3.63) is 65.2 Å². The number of hydrogen-bond donors (Lipinski definition) is 1. The number of halogens is 2. The molecule has 0 aliphatic heterocycles. The van der Waals surface area contributed by atoms with Crippen LogP contribution in [0, 0.1) is 18.6 Å². The molecule has 4 heteroatoms. The molecule has 0 radical (unpaired) electrons. The number of hydrogen-bond acceptors (Lipinski definition) is 2. The molecule has 2 aromatic carbocycles. The van der Waals surface area contributed by atoms with Crippen LogP contribution in [0.25, 0.3) is 0 Å². The zero-order valence-corrected chi connectivity index (χ0v) is 11.3. The Balaban J connectivity index is 1.94. The third-order valence-corrected chi connectivity index (χ3v) is 3.06. The molecule has 0 fully saturated rings. The highest BCUT2D eigenvalue weighted by atomic mass is 19.1. The van der Waals surface area contributed by atoms with Crippen LogP contribution >= 0.6 is 0 Å². The van der Waals surface area contributed by atoms with Gasteiger partial charge in [0, 0.05) is 18.0 Å². The van der Waals surface area contributed by atoms with Crippen molar-refractivity contribution in [1.29, 1.82) is 0 Å². The van der Waals surface area contributed by atoms with Gasteiger partial charge in [-0.05, 0) is 36.8 Å². The van der Waals surface area contributed by atoms with Crippen molar-refractivity contribution < 1.29 is 13.5 Å². The van der Waals surface area contributed by atoms with Crippen molar-refractivity contribution in [3.63, 3.8) is 0 Å². The first-order valence-electron chi connectivity index (χ1n) is 6.47. The van der Waals surface area contributed by atoms with E-state index in [1.807, 2.05) is 31.2 Å². The van der Waals surface area contributed by atoms with Crippen LogP contribution in [0.2, 0.25) is 0 Å². The average molecular weight is 277 g/mol. The Morgan fingerprint density at radius 1 is 1.10 bits per heavy atom. The van der Waals surface area contributed by atoms with Gasteiger partial charge in [-0.15, -0.1) is 0 Å². The SMILES string of the molecule is Cc1cccc(OCCC(N)c2c(F)cccc2F)c1. The number of benzene rings is 2. The highest BCUT2D eigenvalue weighted by Crippen LogP contribution is 2.22. The molecule has 0 amide bonds. The highest BCUT2D eigenvalue weighted by Gasteiger charge is 2.16. The molecule has 0 saturated heterocycles. The fraction of sp³-hybridized carbons (Fsp3) is 0.250. The molecule has 0 spiro atoms. The second kappa shape index (κ2) is 6.48. The second-order valence-corrected chi connectivity index (χ2v) is 4.70. The first-order valence-corrected chi connectivity index (χ1v) is 6.47. The van der Waals surface area contributed by atoms with Gasteiger partial charge < -0.3 is 10.5 Å². The minimum atomic E-state index is -0.721. The number of ether oxygens (including phenoxy) is 1. The zero-order chi connectivity index (χ0) is 14.5. The predicted molar refractivity (Wildman–Crippen MR) is 74.6 cm³/mol. The van der Waals surface area contributed by atoms with Crippen molar-refractivity contribution in [2.24, 2.45) is 5.73 Å². The first-order chi connectivity index (χ1) is 9.58. The van der Waals surface area contributed by atoms with Gasteiger partial charge in [0.05, 0.1) is 6.61 Å². The number of aryl methyl sites for hydroxylation is 1. The van der Waals surface area contributed by atoms with Crippen LogP contribution in [-0.2, 0) is 0 Å². The molecule has 20 heavy (non-hydrogen) atoms. The maximum atomic E-state index is 13.5. The van der Waals surface area contributed by atoms with Gasteiger partial charge in [0.1, 0.15) is 17.4 Å². The largest absolute Gasteiger partial charge is 0.494 e. The monoisotopic (exact) mass is 277 g/mol. The van der Waals surface area contributed by atoms with E-state index in [2.05, 4.69) is 0 Å². The Morgan fingerprint density at radius 2 is 1.75 bits per heavy atom. The van der Waals surface area contributed by atoms with Gasteiger partial charge in [-0.2, -0.15) is 0 Å². The quantitative estimate of drug-likeness (QED) is 0.903. The lowest BCUT2D eigenvalue weighted by Gasteiger charge is -2.14. The molecule has 0 bridgehead atoms. The molecule has 1 atom stereocenters. The van der Waals surface area contributed by atoms with Crippen LogP contribution < -0.4 is 10.5 Å². The van der Waals surface area contributed by atoms with Gasteiger partial charge in [-0.25, -0.2) is 8.78 Å². The molecule has 106 valence electrons. The standard InChI is InChI=1S/C16H17F2NO/c1-11-4-2-5-12(10-11)20-9-8-15(19)16-13(17)6-3-7-14(16)18/h2-7,10,15H,8-9,19H2,1H3. The van der Waals surface area contributed by atoms with Crippen molar-refractivity contribution in [2.75, 3.05) is 6.61 Å². The Labute approximate surface area is 117 Å². The van der Waals surface area contributed by atoms with E-state index >= 15 is 0 Å². The number of nitrogens with two attached hydrogens (primary N) is 1. The lowest BCUT2D eigenvalue weighted by molar-refractivity contribution is 0.295. The van der Waals surface area contributed by atoms with Crippen molar-refractivity contribution >= 4 is 0 Å². The minimum absolute atomic E-state index is 0.0830. The predicted octanol–water partition coefficient (Wildman–Crippen LogP) is 3.74. The van der Waals surface area contributed by atoms with E-state index in [0.29, 0.717) is 13.0 Å². The molecule has 2 rings (SSSR count). The summed E-state index contributed by atoms with van der Waals surface area (Å²) in [6.45, 7) is 2.27. The molecule has 0 aromatic heterocycles. The highest BCUT2D eigenvalue weighted by molar-refractivity contribution is 5.27. The molecular formula is C16H17F2NO. The van der Waals surface area contributed by atoms with Gasteiger partial charge in [-0.3, -0.25) is 0 Å². The van der Waals surface area contributed by atoms with Gasteiger partial charge in [0.25, 0.3) is 0 Å². The van der Waals surface area contributed by atoms with Crippen molar-refractivity contribution in [3.8, 4) is 5.75 Å². The molecule has 0 saturated carbocycles. The second-order valence-electron chi connectivity index (χ2n) is 4.70. The summed E-state index contributed by atoms with van der Waals surface area (Å²) < 4.78 is 32.6. The van der Waals surface area contributed by atoms with Crippen LogP contribution in [-0.4, -0.2) is 6.61 Å². The van der Waals surface area contributed by atoms with Gasteiger partial charge in [0.15, 0.2) is 0 Å². The van der Waals surface area contributed by atoms with Crippen LogP contribution in [0.4, 0.5) is 8.78 Å². The van der Waals surface area contributed by atoms with E-state index in [1.54, 1.807) is 0 Å². The maximum absolute atomic E-state index is 13.5. The molecular weight excluding hydrogens is 260 g/mol. The number of rotatable bonds is 5. The summed E-state index contributed by atoms with van der Waals surface area (Å²) in [6.07, 6.45) is 0.339. The van der Waals surface area contributed by atoms with E-state index in [1.165, 1.54) is 18.2 Å². The van der Waals surface area contributed by atoms with E-state index < -0.39 is 17.7 Å². The molecule has 0 aliphatic rings. The van der Waals surface area contributed by atoms with Gasteiger partial charge in [-0.1, -0.05) is 18.2 Å². The third kappa shape index (κ3) is 3.54. The Morgan fingerprint density at radius 3 is 2.40 bits per heavy atom. The fourth-order valence-corrected chi connectivity index (χ4v) is 2.02. The summed E-state index contributed by atoms with van der Waals surface area (Å²) in [5, 5.41) is 0. The van der Waals surface area contributed by atoms with Crippen LogP contribution in [0.3, 0.4) is 0 Å². The Hall–Kier alpha value is -1.94. The van der Waals surface area contributed by atoms with Crippen LogP contribution in [0.1, 0.15) is 23.6 Å². The molecule has 2 N–H and O–H groups in total. The van der Waals surface area contributed by atoms with E-state index in [0.717, 1.165) is 11.3 Å². The summed E-state index contributed by atoms with van der Waals surface area (Å²) in [5.74, 6) is -0.507. The van der Waals surface area contributed by atoms with E-state index in [9.17, 15) is 8.78 Å². The normalized spacial score (nSPS) is 12.2. The topological polar surface area (TPSA) is 35.2 Å². The first kappa shape index (κ1) is 14.5. The van der Waals surface area contributed by atoms with E-state index in [-0.39, 0.29) is 5.56 Å². The van der Waals surface area contributed by atoms with Crippen molar-refractivity contribution in [1.82, 2.24) is 0 Å². The molecule has 2 nitrogen and oxygen atoms in total. The van der Waals surface area contributed by atoms with Gasteiger partial charge >= 0.3 is 0 Å². The Bertz CT molecular complexity index is 566. The summed E-state index contributed by atoms with van der Waals surface area (Å²) in [5.41, 5.74) is 6.84. The van der Waals surface area contributed by atoms with Crippen LogP contribution in [0.15, 0.2) is 42.5 Å². The molecule has 0 aliphatic carbocycles. The van der Waals surface area contributed by atoms with Gasteiger partial charge in [0.2, 0.25) is 0 Å². The average Bonchev–Trinajstić information content (AvgIpc) is 2.38. The summed E-state index contributed by atoms with van der Waals surface area (Å²) >= 11 is 0. The molecule has 1 unspecified atom stereocenters.